The molecule has 2 amide bonds. The molecule has 2 saturated heterocycles. The molecule has 0 aromatic rings. The highest BCUT2D eigenvalue weighted by atomic mass is 35.5. The molecule has 2 heterocycles. The Morgan fingerprint density at radius 2 is 2.15 bits per heavy atom. The molecule has 8 heteroatoms. The Hall–Kier alpha value is -0.950. The first-order valence-corrected chi connectivity index (χ1v) is 6.49. The smallest absolute Gasteiger partial charge is 0.262 e. The van der Waals surface area contributed by atoms with Crippen LogP contribution in [-0.2, 0) is 9.59 Å². The van der Waals surface area contributed by atoms with Crippen LogP contribution in [0.3, 0.4) is 0 Å². The van der Waals surface area contributed by atoms with Crippen molar-refractivity contribution in [2.24, 2.45) is 0 Å². The highest BCUT2D eigenvalue weighted by Gasteiger charge is 2.43. The molecule has 2 fully saturated rings. The van der Waals surface area contributed by atoms with Crippen LogP contribution in [0.2, 0.25) is 0 Å². The maximum Gasteiger partial charge on any atom is 0.262 e. The van der Waals surface area contributed by atoms with E-state index in [1.165, 1.54) is 0 Å². The fourth-order valence-electron chi connectivity index (χ4n) is 2.53. The average molecular weight is 312 g/mol. The Bertz CT molecular complexity index is 393. The van der Waals surface area contributed by atoms with Crippen LogP contribution in [0.25, 0.3) is 0 Å². The average Bonchev–Trinajstić information content (AvgIpc) is 2.81. The topological polar surface area (TPSA) is 61.4 Å². The molecule has 2 rings (SSSR count). The number of hydrogen-bond donors (Lipinski definition) is 2. The third kappa shape index (κ3) is 3.79. The third-order valence-electron chi connectivity index (χ3n) is 3.55. The monoisotopic (exact) mass is 311 g/mol. The number of halogens is 3. The summed E-state index contributed by atoms with van der Waals surface area (Å²) in [5, 5.41) is 5.18. The Morgan fingerprint density at radius 1 is 1.50 bits per heavy atom. The third-order valence-corrected chi connectivity index (χ3v) is 3.55. The van der Waals surface area contributed by atoms with Gasteiger partial charge in [-0.1, -0.05) is 0 Å². The molecule has 2 N–H and O–H groups in total. The number of amides is 2. The maximum atomic E-state index is 13.0. The maximum absolute atomic E-state index is 13.0. The summed E-state index contributed by atoms with van der Waals surface area (Å²) in [5.74, 6) is -3.28. The quantitative estimate of drug-likeness (QED) is 0.799. The van der Waals surface area contributed by atoms with Crippen molar-refractivity contribution < 1.29 is 18.4 Å². The molecule has 20 heavy (non-hydrogen) atoms. The van der Waals surface area contributed by atoms with Crippen molar-refractivity contribution in [2.75, 3.05) is 13.1 Å². The van der Waals surface area contributed by atoms with E-state index in [0.717, 1.165) is 0 Å². The van der Waals surface area contributed by atoms with Gasteiger partial charge in [0.1, 0.15) is 0 Å². The molecule has 0 saturated carbocycles. The fourth-order valence-corrected chi connectivity index (χ4v) is 2.53. The second kappa shape index (κ2) is 6.22. The van der Waals surface area contributed by atoms with Gasteiger partial charge in [-0.2, -0.15) is 0 Å². The van der Waals surface area contributed by atoms with Gasteiger partial charge >= 0.3 is 0 Å². The number of nitrogens with one attached hydrogen (secondary N) is 2. The molecule has 2 aliphatic heterocycles. The molecule has 0 aliphatic carbocycles. The molecule has 0 aromatic heterocycles. The summed E-state index contributed by atoms with van der Waals surface area (Å²) in [6, 6.07) is -1.06. The van der Waals surface area contributed by atoms with Crippen molar-refractivity contribution in [2.45, 2.75) is 50.7 Å². The number of alkyl halides is 2. The Labute approximate surface area is 122 Å². The molecule has 2 unspecified atom stereocenters. The van der Waals surface area contributed by atoms with Crippen LogP contribution in [0, 0.1) is 0 Å². The van der Waals surface area contributed by atoms with Crippen molar-refractivity contribution in [3.05, 3.63) is 0 Å². The van der Waals surface area contributed by atoms with Gasteiger partial charge in [0.15, 0.2) is 0 Å². The van der Waals surface area contributed by atoms with E-state index >= 15 is 0 Å². The van der Waals surface area contributed by atoms with Gasteiger partial charge in [-0.3, -0.25) is 14.9 Å². The SMILES string of the molecule is CC(C)N1CC(NC(=O)C2CC(F)(F)CN2)CC1=O.Cl. The zero-order chi connectivity index (χ0) is 14.2. The summed E-state index contributed by atoms with van der Waals surface area (Å²) in [4.78, 5) is 25.2. The second-order valence-electron chi connectivity index (χ2n) is 5.54. The molecular formula is C12H20ClF2N3O2. The summed E-state index contributed by atoms with van der Waals surface area (Å²) < 4.78 is 26.0. The van der Waals surface area contributed by atoms with Gasteiger partial charge in [0.2, 0.25) is 11.8 Å². The van der Waals surface area contributed by atoms with Gasteiger partial charge in [0.25, 0.3) is 5.92 Å². The van der Waals surface area contributed by atoms with Crippen LogP contribution in [0.5, 0.6) is 0 Å². The number of likely N-dealkylation sites (tertiary alicyclic amines) is 1. The predicted molar refractivity (Wildman–Crippen MR) is 72.0 cm³/mol. The highest BCUT2D eigenvalue weighted by Crippen LogP contribution is 2.25. The number of carbonyl (C=O) groups excluding carboxylic acids is 2. The number of nitrogens with zero attached hydrogens (tertiary/aromatic N) is 1. The normalized spacial score (nSPS) is 28.6. The highest BCUT2D eigenvalue weighted by molar-refractivity contribution is 5.85. The van der Waals surface area contributed by atoms with Crippen LogP contribution in [0.4, 0.5) is 8.78 Å². The summed E-state index contributed by atoms with van der Waals surface area (Å²) in [6.45, 7) is 3.79. The Kier molecular flexibility index (Phi) is 5.32. The lowest BCUT2D eigenvalue weighted by atomic mass is 10.1. The summed E-state index contributed by atoms with van der Waals surface area (Å²) in [6.07, 6.45) is -0.236. The first kappa shape index (κ1) is 17.1. The van der Waals surface area contributed by atoms with Crippen LogP contribution >= 0.6 is 12.4 Å². The van der Waals surface area contributed by atoms with E-state index in [0.29, 0.717) is 6.54 Å². The summed E-state index contributed by atoms with van der Waals surface area (Å²) in [7, 11) is 0. The molecule has 116 valence electrons. The molecule has 0 spiro atoms. The van der Waals surface area contributed by atoms with Gasteiger partial charge in [-0.05, 0) is 13.8 Å². The van der Waals surface area contributed by atoms with Crippen LogP contribution in [0.1, 0.15) is 26.7 Å². The first-order valence-electron chi connectivity index (χ1n) is 6.49. The molecule has 5 nitrogen and oxygen atoms in total. The molecule has 0 aromatic carbocycles. The summed E-state index contributed by atoms with van der Waals surface area (Å²) >= 11 is 0. The van der Waals surface area contributed by atoms with Crippen molar-refractivity contribution >= 4 is 24.2 Å². The van der Waals surface area contributed by atoms with E-state index in [4.69, 9.17) is 0 Å². The second-order valence-corrected chi connectivity index (χ2v) is 5.54. The van der Waals surface area contributed by atoms with Crippen molar-refractivity contribution in [1.29, 1.82) is 0 Å². The van der Waals surface area contributed by atoms with Crippen molar-refractivity contribution in [3.63, 3.8) is 0 Å². The number of rotatable bonds is 3. The minimum absolute atomic E-state index is 0. The van der Waals surface area contributed by atoms with Gasteiger partial charge in [0.05, 0.1) is 18.6 Å². The Morgan fingerprint density at radius 3 is 2.60 bits per heavy atom. The molecule has 0 bridgehead atoms. The van der Waals surface area contributed by atoms with E-state index in [-0.39, 0.29) is 36.8 Å². The standard InChI is InChI=1S/C12H19F2N3O2.ClH/c1-7(2)17-5-8(3-10(17)18)16-11(19)9-4-12(13,14)6-15-9;/h7-9,15H,3-6H2,1-2H3,(H,16,19);1H. The zero-order valence-corrected chi connectivity index (χ0v) is 12.3. The van der Waals surface area contributed by atoms with Gasteiger partial charge in [0, 0.05) is 25.4 Å². The van der Waals surface area contributed by atoms with Crippen LogP contribution in [0.15, 0.2) is 0 Å². The van der Waals surface area contributed by atoms with Crippen LogP contribution < -0.4 is 10.6 Å². The first-order chi connectivity index (χ1) is 8.78. The van der Waals surface area contributed by atoms with E-state index < -0.39 is 30.8 Å². The van der Waals surface area contributed by atoms with E-state index in [1.807, 2.05) is 13.8 Å². The lowest BCUT2D eigenvalue weighted by Gasteiger charge is -2.21. The van der Waals surface area contributed by atoms with Gasteiger partial charge in [-0.25, -0.2) is 8.78 Å². The lowest BCUT2D eigenvalue weighted by molar-refractivity contribution is -0.129. The molecule has 0 radical (unpaired) electrons. The largest absolute Gasteiger partial charge is 0.350 e. The Balaban J connectivity index is 0.00000200. The zero-order valence-electron chi connectivity index (χ0n) is 11.5. The fraction of sp³-hybridized carbons (Fsp3) is 0.833. The number of hydrogen-bond acceptors (Lipinski definition) is 3. The van der Waals surface area contributed by atoms with Crippen molar-refractivity contribution in [1.82, 2.24) is 15.5 Å². The van der Waals surface area contributed by atoms with Crippen LogP contribution in [-0.4, -0.2) is 53.9 Å². The van der Waals surface area contributed by atoms with E-state index in [9.17, 15) is 18.4 Å². The van der Waals surface area contributed by atoms with Gasteiger partial charge < -0.3 is 10.2 Å². The number of carbonyl (C=O) groups is 2. The predicted octanol–water partition coefficient (Wildman–Crippen LogP) is 0.531. The molecule has 2 atom stereocenters. The van der Waals surface area contributed by atoms with E-state index in [1.54, 1.807) is 4.90 Å². The van der Waals surface area contributed by atoms with Gasteiger partial charge in [-0.15, -0.1) is 12.4 Å². The minimum Gasteiger partial charge on any atom is -0.350 e. The van der Waals surface area contributed by atoms with E-state index in [2.05, 4.69) is 10.6 Å². The lowest BCUT2D eigenvalue weighted by Crippen LogP contribution is -2.46. The molecule has 2 aliphatic rings. The molecular weight excluding hydrogens is 292 g/mol. The summed E-state index contributed by atoms with van der Waals surface area (Å²) in [5.41, 5.74) is 0. The van der Waals surface area contributed by atoms with Crippen molar-refractivity contribution in [3.8, 4) is 0 Å². The minimum atomic E-state index is -2.82.